The number of hydrogen-bond acceptors (Lipinski definition) is 4. The summed E-state index contributed by atoms with van der Waals surface area (Å²) in [7, 11) is 0. The molecule has 0 spiro atoms. The van der Waals surface area contributed by atoms with Crippen molar-refractivity contribution in [2.24, 2.45) is 0 Å². The van der Waals surface area contributed by atoms with E-state index in [0.717, 1.165) is 19.6 Å². The van der Waals surface area contributed by atoms with Gasteiger partial charge in [-0.3, -0.25) is 0 Å². The lowest BCUT2D eigenvalue weighted by Crippen LogP contribution is -2.49. The molecule has 1 N–H and O–H groups in total. The van der Waals surface area contributed by atoms with Crippen LogP contribution in [0.4, 0.5) is 0 Å². The number of rotatable bonds is 1. The Balaban J connectivity index is 1.82. The predicted molar refractivity (Wildman–Crippen MR) is 47.9 cm³/mol. The fraction of sp³-hybridized carbons (Fsp3) is 0.857. The number of hydrogen-bond donors (Lipinski definition) is 1. The summed E-state index contributed by atoms with van der Waals surface area (Å²) in [4.78, 5) is 0. The van der Waals surface area contributed by atoms with E-state index < -0.39 is 0 Å². The van der Waals surface area contributed by atoms with Crippen LogP contribution < -0.4 is 5.32 Å². The second-order valence-electron chi connectivity index (χ2n) is 2.84. The molecule has 2 heterocycles. The highest BCUT2D eigenvalue weighted by atomic mass is 32.2. The van der Waals surface area contributed by atoms with E-state index in [4.69, 9.17) is 0 Å². The average Bonchev–Trinajstić information content (AvgIpc) is 2.58. The molecule has 63 valence electrons. The summed E-state index contributed by atoms with van der Waals surface area (Å²) in [5, 5.41) is 8.11. The monoisotopic (exact) mass is 172 g/mol. The molecule has 0 atom stereocenters. The quantitative estimate of drug-likeness (QED) is 0.598. The minimum Gasteiger partial charge on any atom is -0.310 e. The Morgan fingerprint density at radius 3 is 2.91 bits per heavy atom. The van der Waals surface area contributed by atoms with Gasteiger partial charge in [-0.25, -0.2) is 10.0 Å². The van der Waals surface area contributed by atoms with Crippen molar-refractivity contribution in [3.8, 4) is 0 Å². The molecule has 0 saturated carbocycles. The van der Waals surface area contributed by atoms with Crippen molar-refractivity contribution in [3.05, 3.63) is 6.54 Å². The lowest BCUT2D eigenvalue weighted by molar-refractivity contribution is 0.00288. The van der Waals surface area contributed by atoms with Crippen LogP contribution in [0.25, 0.3) is 0 Å². The van der Waals surface area contributed by atoms with Gasteiger partial charge in [0.1, 0.15) is 0 Å². The molecule has 1 radical (unpaired) electrons. The molecule has 11 heavy (non-hydrogen) atoms. The Kier molecular flexibility index (Phi) is 2.68. The van der Waals surface area contributed by atoms with Gasteiger partial charge >= 0.3 is 0 Å². The Morgan fingerprint density at radius 2 is 2.27 bits per heavy atom. The van der Waals surface area contributed by atoms with Gasteiger partial charge in [0.15, 0.2) is 0 Å². The van der Waals surface area contributed by atoms with Gasteiger partial charge in [0, 0.05) is 38.5 Å². The van der Waals surface area contributed by atoms with Crippen LogP contribution >= 0.6 is 11.8 Å². The molecule has 2 aliphatic heterocycles. The average molecular weight is 172 g/mol. The minimum absolute atomic E-state index is 1.07. The van der Waals surface area contributed by atoms with Crippen molar-refractivity contribution < 1.29 is 0 Å². The fourth-order valence-corrected chi connectivity index (χ4v) is 2.41. The normalized spacial score (nSPS) is 29.5. The van der Waals surface area contributed by atoms with Crippen LogP contribution in [0.3, 0.4) is 0 Å². The molecular weight excluding hydrogens is 158 g/mol. The first-order chi connectivity index (χ1) is 5.47. The first kappa shape index (κ1) is 7.86. The van der Waals surface area contributed by atoms with Gasteiger partial charge in [0.25, 0.3) is 0 Å². The molecule has 0 aliphatic carbocycles. The van der Waals surface area contributed by atoms with Crippen LogP contribution in [0.15, 0.2) is 0 Å². The van der Waals surface area contributed by atoms with Gasteiger partial charge in [-0.2, -0.15) is 0 Å². The third-order valence-electron chi connectivity index (χ3n) is 2.09. The minimum atomic E-state index is 1.07. The maximum Gasteiger partial charge on any atom is 0.0590 e. The van der Waals surface area contributed by atoms with E-state index in [9.17, 15) is 0 Å². The van der Waals surface area contributed by atoms with Gasteiger partial charge < -0.3 is 5.32 Å². The molecule has 2 aliphatic rings. The largest absolute Gasteiger partial charge is 0.310 e. The third-order valence-corrected chi connectivity index (χ3v) is 3.05. The summed E-state index contributed by atoms with van der Waals surface area (Å²) < 4.78 is 0. The zero-order chi connectivity index (χ0) is 7.52. The fourth-order valence-electron chi connectivity index (χ4n) is 1.44. The zero-order valence-corrected chi connectivity index (χ0v) is 7.44. The van der Waals surface area contributed by atoms with Gasteiger partial charge in [0.05, 0.1) is 5.88 Å². The van der Waals surface area contributed by atoms with Crippen LogP contribution in [0.1, 0.15) is 0 Å². The molecule has 2 fully saturated rings. The van der Waals surface area contributed by atoms with E-state index in [2.05, 4.69) is 21.9 Å². The van der Waals surface area contributed by atoms with Crippen molar-refractivity contribution >= 4 is 11.8 Å². The van der Waals surface area contributed by atoms with E-state index in [1.54, 1.807) is 0 Å². The number of hydrazine groups is 1. The second kappa shape index (κ2) is 3.76. The van der Waals surface area contributed by atoms with Gasteiger partial charge in [-0.05, 0) is 0 Å². The number of piperazine rings is 1. The maximum atomic E-state index is 3.24. The highest BCUT2D eigenvalue weighted by Gasteiger charge is 2.20. The zero-order valence-electron chi connectivity index (χ0n) is 6.62. The van der Waals surface area contributed by atoms with Crippen LogP contribution in [0, 0.1) is 6.54 Å². The summed E-state index contributed by atoms with van der Waals surface area (Å²) in [6.45, 7) is 6.71. The lowest BCUT2D eigenvalue weighted by atomic mass is 10.4. The Labute approximate surface area is 72.1 Å². The van der Waals surface area contributed by atoms with Crippen LogP contribution in [-0.2, 0) is 0 Å². The van der Waals surface area contributed by atoms with Crippen LogP contribution in [0.2, 0.25) is 0 Å². The van der Waals surface area contributed by atoms with Crippen molar-refractivity contribution in [2.75, 3.05) is 37.8 Å². The summed E-state index contributed by atoms with van der Waals surface area (Å²) in [5.41, 5.74) is 0. The van der Waals surface area contributed by atoms with Crippen molar-refractivity contribution in [3.63, 3.8) is 0 Å². The molecular formula is C7H14N3S. The Hall–Kier alpha value is 0.230. The van der Waals surface area contributed by atoms with Gasteiger partial charge in [-0.15, -0.1) is 11.8 Å². The number of thioether (sulfide) groups is 1. The first-order valence-electron chi connectivity index (χ1n) is 4.09. The molecule has 0 amide bonds. The topological polar surface area (TPSA) is 18.5 Å². The standard InChI is InChI=1S/C7H14N3S/c1-3-9(4-2-8-1)10-5-6-11-7-10/h1,8H,2-7H2. The first-order valence-corrected chi connectivity index (χ1v) is 5.25. The SMILES string of the molecule is [CH]1CN(N2CCSC2)CCN1. The number of nitrogens with one attached hydrogen (secondary N) is 1. The maximum absolute atomic E-state index is 3.24. The smallest absolute Gasteiger partial charge is 0.0590 e. The predicted octanol–water partition coefficient (Wildman–Crippen LogP) is -0.0253. The Morgan fingerprint density at radius 1 is 1.27 bits per heavy atom. The van der Waals surface area contributed by atoms with Crippen LogP contribution in [0.5, 0.6) is 0 Å². The molecule has 0 aromatic rings. The molecule has 0 aromatic heterocycles. The number of nitrogens with zero attached hydrogens (tertiary/aromatic N) is 2. The molecule has 0 aromatic carbocycles. The molecule has 2 saturated heterocycles. The van der Waals surface area contributed by atoms with E-state index >= 15 is 0 Å². The highest BCUT2D eigenvalue weighted by molar-refractivity contribution is 7.99. The summed E-state index contributed by atoms with van der Waals surface area (Å²) >= 11 is 2.03. The van der Waals surface area contributed by atoms with Crippen molar-refractivity contribution in [1.82, 2.24) is 15.3 Å². The van der Waals surface area contributed by atoms with Crippen LogP contribution in [-0.4, -0.2) is 47.8 Å². The molecule has 3 nitrogen and oxygen atoms in total. The van der Waals surface area contributed by atoms with E-state index in [1.807, 2.05) is 11.8 Å². The van der Waals surface area contributed by atoms with Gasteiger partial charge in [0.2, 0.25) is 0 Å². The molecule has 0 bridgehead atoms. The molecule has 2 rings (SSSR count). The third kappa shape index (κ3) is 1.87. The Bertz CT molecular complexity index is 119. The van der Waals surface area contributed by atoms with E-state index in [1.165, 1.54) is 18.2 Å². The van der Waals surface area contributed by atoms with E-state index in [-0.39, 0.29) is 0 Å². The molecule has 0 unspecified atom stereocenters. The second-order valence-corrected chi connectivity index (χ2v) is 3.91. The summed E-state index contributed by atoms with van der Waals surface area (Å²) in [6, 6.07) is 0. The summed E-state index contributed by atoms with van der Waals surface area (Å²) in [5.74, 6) is 2.48. The lowest BCUT2D eigenvalue weighted by Gasteiger charge is -2.34. The van der Waals surface area contributed by atoms with Crippen molar-refractivity contribution in [1.29, 1.82) is 0 Å². The molecule has 4 heteroatoms. The van der Waals surface area contributed by atoms with E-state index in [0.29, 0.717) is 0 Å². The highest BCUT2D eigenvalue weighted by Crippen LogP contribution is 2.16. The van der Waals surface area contributed by atoms with Gasteiger partial charge in [-0.1, -0.05) is 0 Å². The van der Waals surface area contributed by atoms with Crippen molar-refractivity contribution in [2.45, 2.75) is 0 Å². The summed E-state index contributed by atoms with van der Waals surface area (Å²) in [6.07, 6.45) is 0.